The van der Waals surface area contributed by atoms with Crippen LogP contribution in [0.3, 0.4) is 0 Å². The zero-order valence-corrected chi connectivity index (χ0v) is 16.9. The molecule has 5 heteroatoms. The molecule has 3 aromatic rings. The highest BCUT2D eigenvalue weighted by atomic mass is 16.5. The molecule has 1 atom stereocenters. The molecule has 0 aliphatic heterocycles. The first kappa shape index (κ1) is 21.3. The van der Waals surface area contributed by atoms with Gasteiger partial charge in [-0.3, -0.25) is 4.79 Å². The average molecular weight is 403 g/mol. The molecule has 0 spiro atoms. The van der Waals surface area contributed by atoms with Gasteiger partial charge in [0, 0.05) is 5.92 Å². The lowest BCUT2D eigenvalue weighted by molar-refractivity contribution is -0.146. The minimum atomic E-state index is -0.882. The van der Waals surface area contributed by atoms with E-state index in [0.717, 1.165) is 16.7 Å². The molecule has 0 aliphatic carbocycles. The van der Waals surface area contributed by atoms with Crippen LogP contribution in [0.1, 0.15) is 22.6 Å². The number of esters is 1. The first-order valence-corrected chi connectivity index (χ1v) is 9.78. The molecule has 3 aromatic carbocycles. The van der Waals surface area contributed by atoms with E-state index in [0.29, 0.717) is 6.61 Å². The number of methoxy groups -OCH3 is 1. The first-order valence-electron chi connectivity index (χ1n) is 9.78. The molecular formula is C25H25NO4. The highest BCUT2D eigenvalue weighted by molar-refractivity contribution is 5.86. The molecule has 0 fully saturated rings. The van der Waals surface area contributed by atoms with Crippen LogP contribution in [-0.2, 0) is 25.7 Å². The van der Waals surface area contributed by atoms with E-state index >= 15 is 0 Å². The molecule has 0 unspecified atom stereocenters. The Kier molecular flexibility index (Phi) is 7.75. The molecule has 1 N–H and O–H groups in total. The first-order chi connectivity index (χ1) is 14.7. The van der Waals surface area contributed by atoms with Crippen molar-refractivity contribution in [1.29, 1.82) is 0 Å². The summed E-state index contributed by atoms with van der Waals surface area (Å²) in [6.45, 7) is 0.163. The smallest absolute Gasteiger partial charge is 0.329 e. The predicted molar refractivity (Wildman–Crippen MR) is 115 cm³/mol. The summed E-state index contributed by atoms with van der Waals surface area (Å²) in [5.41, 5.74) is 2.79. The molecule has 0 radical (unpaired) electrons. The van der Waals surface area contributed by atoms with Crippen LogP contribution < -0.4 is 5.32 Å². The van der Waals surface area contributed by atoms with Crippen molar-refractivity contribution in [2.75, 3.05) is 13.7 Å². The lowest BCUT2D eigenvalue weighted by Crippen LogP contribution is -2.47. The van der Waals surface area contributed by atoms with Crippen LogP contribution in [-0.4, -0.2) is 31.6 Å². The number of hydrogen-bond acceptors (Lipinski definition) is 4. The summed E-state index contributed by atoms with van der Waals surface area (Å²) in [5.74, 6) is -1.28. The molecule has 0 heterocycles. The third-order valence-electron chi connectivity index (χ3n) is 4.77. The lowest BCUT2D eigenvalue weighted by atomic mass is 9.85. The van der Waals surface area contributed by atoms with Gasteiger partial charge in [-0.2, -0.15) is 0 Å². The number of ether oxygens (including phenoxy) is 2. The monoisotopic (exact) mass is 403 g/mol. The fourth-order valence-corrected chi connectivity index (χ4v) is 3.35. The lowest BCUT2D eigenvalue weighted by Gasteiger charge is -2.27. The predicted octanol–water partition coefficient (Wildman–Crippen LogP) is 3.69. The SMILES string of the molecule is COC(=O)[C@H](NC(=O)COCc1ccccc1)C(c1ccccc1)c1ccccc1. The van der Waals surface area contributed by atoms with Gasteiger partial charge in [-0.1, -0.05) is 91.0 Å². The maximum Gasteiger partial charge on any atom is 0.329 e. The summed E-state index contributed by atoms with van der Waals surface area (Å²) in [7, 11) is 1.32. The standard InChI is InChI=1S/C25H25NO4/c1-29-25(28)24(26-22(27)18-30-17-19-11-5-2-6-12-19)23(20-13-7-3-8-14-20)21-15-9-4-10-16-21/h2-16,23-24H,17-18H2,1H3,(H,26,27)/t24-/m1/s1. The summed E-state index contributed by atoms with van der Waals surface area (Å²) in [4.78, 5) is 25.2. The van der Waals surface area contributed by atoms with E-state index in [4.69, 9.17) is 9.47 Å². The molecule has 30 heavy (non-hydrogen) atoms. The highest BCUT2D eigenvalue weighted by Crippen LogP contribution is 2.28. The van der Waals surface area contributed by atoms with Crippen LogP contribution in [0.4, 0.5) is 0 Å². The van der Waals surface area contributed by atoms with Crippen molar-refractivity contribution < 1.29 is 19.1 Å². The Morgan fingerprint density at radius 3 is 1.80 bits per heavy atom. The third kappa shape index (κ3) is 5.78. The summed E-state index contributed by atoms with van der Waals surface area (Å²) in [5, 5.41) is 2.81. The Hall–Kier alpha value is -3.44. The van der Waals surface area contributed by atoms with Crippen LogP contribution in [0, 0.1) is 0 Å². The maximum absolute atomic E-state index is 12.7. The number of hydrogen-bond donors (Lipinski definition) is 1. The minimum absolute atomic E-state index is 0.154. The summed E-state index contributed by atoms with van der Waals surface area (Å²) < 4.78 is 10.5. The quantitative estimate of drug-likeness (QED) is 0.554. The fraction of sp³-hybridized carbons (Fsp3) is 0.200. The average Bonchev–Trinajstić information content (AvgIpc) is 2.80. The van der Waals surface area contributed by atoms with Crippen LogP contribution in [0.25, 0.3) is 0 Å². The van der Waals surface area contributed by atoms with E-state index in [1.54, 1.807) is 0 Å². The molecule has 0 bridgehead atoms. The number of carbonyl (C=O) groups is 2. The number of carbonyl (C=O) groups excluding carboxylic acids is 2. The van der Waals surface area contributed by atoms with Gasteiger partial charge in [-0.25, -0.2) is 4.79 Å². The Bertz CT molecular complexity index is 890. The molecule has 0 saturated heterocycles. The molecule has 0 aromatic heterocycles. The van der Waals surface area contributed by atoms with Crippen molar-refractivity contribution in [3.05, 3.63) is 108 Å². The second kappa shape index (κ2) is 10.9. The van der Waals surface area contributed by atoms with Crippen LogP contribution in [0.2, 0.25) is 0 Å². The largest absolute Gasteiger partial charge is 0.467 e. The minimum Gasteiger partial charge on any atom is -0.467 e. The summed E-state index contributed by atoms with van der Waals surface area (Å²) in [6.07, 6.45) is 0. The molecule has 154 valence electrons. The number of amides is 1. The second-order valence-corrected chi connectivity index (χ2v) is 6.85. The van der Waals surface area contributed by atoms with Gasteiger partial charge in [0.15, 0.2) is 0 Å². The number of rotatable bonds is 9. The van der Waals surface area contributed by atoms with Gasteiger partial charge in [0.1, 0.15) is 12.6 Å². The maximum atomic E-state index is 12.7. The van der Waals surface area contributed by atoms with Crippen LogP contribution >= 0.6 is 0 Å². The van der Waals surface area contributed by atoms with E-state index in [1.807, 2.05) is 91.0 Å². The van der Waals surface area contributed by atoms with Crippen molar-refractivity contribution >= 4 is 11.9 Å². The van der Waals surface area contributed by atoms with Gasteiger partial charge in [0.25, 0.3) is 0 Å². The zero-order chi connectivity index (χ0) is 21.2. The van der Waals surface area contributed by atoms with Crippen molar-refractivity contribution in [3.63, 3.8) is 0 Å². The van der Waals surface area contributed by atoms with E-state index < -0.39 is 17.9 Å². The van der Waals surface area contributed by atoms with E-state index in [2.05, 4.69) is 5.32 Å². The van der Waals surface area contributed by atoms with Crippen molar-refractivity contribution in [2.45, 2.75) is 18.6 Å². The number of benzene rings is 3. The molecular weight excluding hydrogens is 378 g/mol. The van der Waals surface area contributed by atoms with Crippen LogP contribution in [0.15, 0.2) is 91.0 Å². The van der Waals surface area contributed by atoms with Crippen molar-refractivity contribution in [1.82, 2.24) is 5.32 Å². The van der Waals surface area contributed by atoms with Gasteiger partial charge in [-0.05, 0) is 16.7 Å². The third-order valence-corrected chi connectivity index (χ3v) is 4.77. The number of nitrogens with one attached hydrogen (secondary N) is 1. The Labute approximate surface area is 176 Å². The van der Waals surface area contributed by atoms with Gasteiger partial charge >= 0.3 is 5.97 Å². The molecule has 0 aliphatic rings. The molecule has 3 rings (SSSR count). The Balaban J connectivity index is 1.77. The van der Waals surface area contributed by atoms with E-state index in [9.17, 15) is 9.59 Å². The van der Waals surface area contributed by atoms with E-state index in [-0.39, 0.29) is 12.5 Å². The Morgan fingerprint density at radius 2 is 1.30 bits per heavy atom. The summed E-state index contributed by atoms with van der Waals surface area (Å²) >= 11 is 0. The Morgan fingerprint density at radius 1 is 0.800 bits per heavy atom. The van der Waals surface area contributed by atoms with Gasteiger partial charge in [0.05, 0.1) is 13.7 Å². The van der Waals surface area contributed by atoms with Gasteiger partial charge in [0.2, 0.25) is 5.91 Å². The van der Waals surface area contributed by atoms with E-state index in [1.165, 1.54) is 7.11 Å². The topological polar surface area (TPSA) is 64.6 Å². The normalized spacial score (nSPS) is 11.7. The second-order valence-electron chi connectivity index (χ2n) is 6.85. The fourth-order valence-electron chi connectivity index (χ4n) is 3.35. The van der Waals surface area contributed by atoms with Gasteiger partial charge < -0.3 is 14.8 Å². The molecule has 5 nitrogen and oxygen atoms in total. The summed E-state index contributed by atoms with van der Waals surface area (Å²) in [6, 6.07) is 27.9. The zero-order valence-electron chi connectivity index (χ0n) is 16.9. The van der Waals surface area contributed by atoms with Crippen LogP contribution in [0.5, 0.6) is 0 Å². The molecule has 1 amide bonds. The van der Waals surface area contributed by atoms with Crippen molar-refractivity contribution in [2.24, 2.45) is 0 Å². The highest BCUT2D eigenvalue weighted by Gasteiger charge is 2.33. The van der Waals surface area contributed by atoms with Crippen molar-refractivity contribution in [3.8, 4) is 0 Å². The van der Waals surface area contributed by atoms with Gasteiger partial charge in [-0.15, -0.1) is 0 Å². The molecule has 0 saturated carbocycles.